The number of anilines is 1. The minimum Gasteiger partial charge on any atom is -0.475 e. The van der Waals surface area contributed by atoms with Crippen LogP contribution >= 0.6 is 11.3 Å². The summed E-state index contributed by atoms with van der Waals surface area (Å²) in [5.74, 6) is -3.06. The molecule has 5 nitrogen and oxygen atoms in total. The fraction of sp³-hybridized carbons (Fsp3) is 0.500. The first-order chi connectivity index (χ1) is 9.49. The van der Waals surface area contributed by atoms with Gasteiger partial charge in [0.2, 0.25) is 5.78 Å². The monoisotopic (exact) mass is 297 g/mol. The highest BCUT2D eigenvalue weighted by atomic mass is 32.1. The first kappa shape index (κ1) is 16.4. The molecule has 0 aromatic carbocycles. The summed E-state index contributed by atoms with van der Waals surface area (Å²) in [6, 6.07) is 3.52. The van der Waals surface area contributed by atoms with Crippen LogP contribution in [0, 0.1) is 0 Å². The summed E-state index contributed by atoms with van der Waals surface area (Å²) in [4.78, 5) is 35.9. The van der Waals surface area contributed by atoms with Crippen molar-refractivity contribution < 1.29 is 19.5 Å². The van der Waals surface area contributed by atoms with Gasteiger partial charge in [0.25, 0.3) is 0 Å². The third kappa shape index (κ3) is 4.45. The van der Waals surface area contributed by atoms with Crippen molar-refractivity contribution in [3.05, 3.63) is 17.0 Å². The van der Waals surface area contributed by atoms with E-state index in [2.05, 4.69) is 18.7 Å². The van der Waals surface area contributed by atoms with E-state index in [0.29, 0.717) is 4.88 Å². The lowest BCUT2D eigenvalue weighted by molar-refractivity contribution is -0.148. The number of carboxylic acid groups (broad SMARTS) is 1. The number of carbonyl (C=O) groups excluding carboxylic acids is 2. The average molecular weight is 297 g/mol. The maximum atomic E-state index is 11.8. The van der Waals surface area contributed by atoms with Crippen molar-refractivity contribution in [2.24, 2.45) is 0 Å². The number of rotatable bonds is 9. The molecule has 1 aromatic rings. The molecule has 0 fully saturated rings. The number of aliphatic carboxylic acids is 1. The molecule has 20 heavy (non-hydrogen) atoms. The van der Waals surface area contributed by atoms with E-state index in [1.165, 1.54) is 11.3 Å². The first-order valence-corrected chi connectivity index (χ1v) is 7.45. The molecule has 0 atom stereocenters. The number of nitrogens with zero attached hydrogens (tertiary/aromatic N) is 1. The van der Waals surface area contributed by atoms with Crippen LogP contribution in [0.25, 0.3) is 0 Å². The van der Waals surface area contributed by atoms with Crippen LogP contribution in [0.4, 0.5) is 5.00 Å². The highest BCUT2D eigenvalue weighted by molar-refractivity contribution is 7.18. The van der Waals surface area contributed by atoms with Crippen molar-refractivity contribution in [2.45, 2.75) is 33.1 Å². The third-order valence-corrected chi connectivity index (χ3v) is 3.91. The number of hydrogen-bond acceptors (Lipinski definition) is 5. The van der Waals surface area contributed by atoms with Gasteiger partial charge in [0.05, 0.1) is 16.3 Å². The normalized spacial score (nSPS) is 10.3. The van der Waals surface area contributed by atoms with E-state index in [4.69, 9.17) is 5.11 Å². The number of thiophene rings is 1. The van der Waals surface area contributed by atoms with Gasteiger partial charge in [-0.1, -0.05) is 13.8 Å². The average Bonchev–Trinajstić information content (AvgIpc) is 2.87. The Morgan fingerprint density at radius 1 is 1.15 bits per heavy atom. The Bertz CT molecular complexity index is 489. The van der Waals surface area contributed by atoms with Gasteiger partial charge in [0.15, 0.2) is 5.78 Å². The SMILES string of the molecule is CCCN(CCC)c1ccc(C(=O)CC(=O)C(=O)O)s1. The molecular weight excluding hydrogens is 278 g/mol. The van der Waals surface area contributed by atoms with Crippen molar-refractivity contribution in [1.82, 2.24) is 0 Å². The summed E-state index contributed by atoms with van der Waals surface area (Å²) in [7, 11) is 0. The lowest BCUT2D eigenvalue weighted by atomic mass is 10.2. The minimum absolute atomic E-state index is 0.429. The summed E-state index contributed by atoms with van der Waals surface area (Å²) in [6.07, 6.45) is 1.45. The van der Waals surface area contributed by atoms with Crippen molar-refractivity contribution in [3.63, 3.8) is 0 Å². The standard InChI is InChI=1S/C14H19NO4S/c1-3-7-15(8-4-2)13-6-5-12(20-13)10(16)9-11(17)14(18)19/h5-6H,3-4,7-9H2,1-2H3,(H,18,19). The van der Waals surface area contributed by atoms with Crippen molar-refractivity contribution in [1.29, 1.82) is 0 Å². The molecule has 1 heterocycles. The summed E-state index contributed by atoms with van der Waals surface area (Å²) in [5.41, 5.74) is 0. The third-order valence-electron chi connectivity index (χ3n) is 2.73. The lowest BCUT2D eigenvalue weighted by Gasteiger charge is -2.21. The van der Waals surface area contributed by atoms with Gasteiger partial charge < -0.3 is 10.0 Å². The number of carboxylic acids is 1. The van der Waals surface area contributed by atoms with Crippen LogP contribution in [-0.2, 0) is 9.59 Å². The number of hydrogen-bond donors (Lipinski definition) is 1. The molecule has 0 unspecified atom stereocenters. The fourth-order valence-electron chi connectivity index (χ4n) is 1.83. The number of carbonyl (C=O) groups is 3. The largest absolute Gasteiger partial charge is 0.475 e. The summed E-state index contributed by atoms with van der Waals surface area (Å²) >= 11 is 1.31. The van der Waals surface area contributed by atoms with Crippen molar-refractivity contribution in [2.75, 3.05) is 18.0 Å². The van der Waals surface area contributed by atoms with E-state index < -0.39 is 24.0 Å². The highest BCUT2D eigenvalue weighted by Crippen LogP contribution is 2.27. The van der Waals surface area contributed by atoms with Crippen LogP contribution in [0.5, 0.6) is 0 Å². The van der Waals surface area contributed by atoms with Gasteiger partial charge in [-0.2, -0.15) is 0 Å². The van der Waals surface area contributed by atoms with Gasteiger partial charge in [-0.3, -0.25) is 9.59 Å². The predicted octanol–water partition coefficient (Wildman–Crippen LogP) is 2.60. The maximum Gasteiger partial charge on any atom is 0.372 e. The molecule has 1 rings (SSSR count). The van der Waals surface area contributed by atoms with Crippen LogP contribution in [0.2, 0.25) is 0 Å². The highest BCUT2D eigenvalue weighted by Gasteiger charge is 2.19. The molecule has 0 aliphatic heterocycles. The molecule has 0 saturated heterocycles. The number of Topliss-reactive ketones (excluding diaryl/α,β-unsaturated/α-hetero) is 2. The number of ketones is 2. The second kappa shape index (κ2) is 7.79. The van der Waals surface area contributed by atoms with Gasteiger partial charge in [-0.25, -0.2) is 4.79 Å². The van der Waals surface area contributed by atoms with Crippen molar-refractivity contribution >= 4 is 33.9 Å². The molecule has 0 aliphatic rings. The van der Waals surface area contributed by atoms with E-state index >= 15 is 0 Å². The quantitative estimate of drug-likeness (QED) is 0.431. The van der Waals surface area contributed by atoms with Gasteiger partial charge in [0, 0.05) is 13.1 Å². The Morgan fingerprint density at radius 2 is 1.75 bits per heavy atom. The second-order valence-corrected chi connectivity index (χ2v) is 5.52. The minimum atomic E-state index is -1.56. The van der Waals surface area contributed by atoms with Crippen LogP contribution in [0.15, 0.2) is 12.1 Å². The Morgan fingerprint density at radius 3 is 2.25 bits per heavy atom. The van der Waals surface area contributed by atoms with E-state index in [0.717, 1.165) is 30.9 Å². The van der Waals surface area contributed by atoms with Gasteiger partial charge in [0.1, 0.15) is 0 Å². The molecule has 0 aliphatic carbocycles. The van der Waals surface area contributed by atoms with E-state index in [1.54, 1.807) is 6.07 Å². The zero-order chi connectivity index (χ0) is 15.1. The topological polar surface area (TPSA) is 74.7 Å². The zero-order valence-electron chi connectivity index (χ0n) is 11.7. The molecular formula is C14H19NO4S. The summed E-state index contributed by atoms with van der Waals surface area (Å²) in [5, 5.41) is 9.49. The molecule has 110 valence electrons. The smallest absolute Gasteiger partial charge is 0.372 e. The van der Waals surface area contributed by atoms with Gasteiger partial charge in [-0.15, -0.1) is 11.3 Å². The van der Waals surface area contributed by atoms with Gasteiger partial charge in [-0.05, 0) is 25.0 Å². The fourth-order valence-corrected chi connectivity index (χ4v) is 2.82. The Hall–Kier alpha value is -1.69. The van der Waals surface area contributed by atoms with E-state index in [-0.39, 0.29) is 0 Å². The Kier molecular flexibility index (Phi) is 6.38. The van der Waals surface area contributed by atoms with E-state index in [1.807, 2.05) is 6.07 Å². The molecule has 1 N–H and O–H groups in total. The maximum absolute atomic E-state index is 11.8. The molecule has 0 amide bonds. The van der Waals surface area contributed by atoms with Crippen LogP contribution in [0.1, 0.15) is 42.8 Å². The first-order valence-electron chi connectivity index (χ1n) is 6.63. The second-order valence-electron chi connectivity index (χ2n) is 4.45. The van der Waals surface area contributed by atoms with Crippen LogP contribution in [0.3, 0.4) is 0 Å². The molecule has 0 radical (unpaired) electrons. The van der Waals surface area contributed by atoms with Crippen LogP contribution in [-0.4, -0.2) is 35.7 Å². The molecule has 6 heteroatoms. The summed E-state index contributed by atoms with van der Waals surface area (Å²) < 4.78 is 0. The molecule has 1 aromatic heterocycles. The molecule has 0 saturated carbocycles. The zero-order valence-corrected chi connectivity index (χ0v) is 12.5. The van der Waals surface area contributed by atoms with Crippen LogP contribution < -0.4 is 4.90 Å². The predicted molar refractivity (Wildman–Crippen MR) is 78.7 cm³/mol. The molecule has 0 spiro atoms. The lowest BCUT2D eigenvalue weighted by Crippen LogP contribution is -2.23. The van der Waals surface area contributed by atoms with Crippen molar-refractivity contribution in [3.8, 4) is 0 Å². The Balaban J connectivity index is 2.77. The summed E-state index contributed by atoms with van der Waals surface area (Å²) in [6.45, 7) is 6.01. The van der Waals surface area contributed by atoms with Gasteiger partial charge >= 0.3 is 5.97 Å². The Labute approximate surface area is 122 Å². The molecule has 0 bridgehead atoms. The van der Waals surface area contributed by atoms with E-state index in [9.17, 15) is 14.4 Å².